The van der Waals surface area contributed by atoms with Crippen molar-refractivity contribution in [3.8, 4) is 16.9 Å². The third-order valence-electron chi connectivity index (χ3n) is 4.75. The minimum atomic E-state index is -4.01. The summed E-state index contributed by atoms with van der Waals surface area (Å²) in [6.45, 7) is 5.54. The molecule has 0 saturated carbocycles. The Kier molecular flexibility index (Phi) is 5.00. The van der Waals surface area contributed by atoms with Crippen molar-refractivity contribution in [1.82, 2.24) is 14.5 Å². The molecule has 2 heterocycles. The molecule has 0 saturated heterocycles. The Morgan fingerprint density at radius 2 is 1.93 bits per heavy atom. The molecule has 0 fully saturated rings. The zero-order chi connectivity index (χ0) is 21.5. The summed E-state index contributed by atoms with van der Waals surface area (Å²) in [5, 5.41) is 4.30. The number of nitrogens with zero attached hydrogens (tertiary/aromatic N) is 2. The number of hydrogen-bond acceptors (Lipinski definition) is 5. The summed E-state index contributed by atoms with van der Waals surface area (Å²) >= 11 is 0. The highest BCUT2D eigenvalue weighted by molar-refractivity contribution is 7.93. The fourth-order valence-corrected chi connectivity index (χ4v) is 3.69. The molecule has 0 spiro atoms. The molecule has 154 valence electrons. The first-order valence-corrected chi connectivity index (χ1v) is 10.5. The van der Waals surface area contributed by atoms with Gasteiger partial charge >= 0.3 is 0 Å². The lowest BCUT2D eigenvalue weighted by atomic mass is 10.0. The van der Waals surface area contributed by atoms with Crippen LogP contribution in [0.1, 0.15) is 28.5 Å². The van der Waals surface area contributed by atoms with Crippen molar-refractivity contribution in [3.05, 3.63) is 82.7 Å². The lowest BCUT2D eigenvalue weighted by molar-refractivity contribution is 0.0976. The molecule has 0 aliphatic carbocycles. The van der Waals surface area contributed by atoms with Crippen LogP contribution in [-0.2, 0) is 28.0 Å². The second-order valence-electron chi connectivity index (χ2n) is 6.88. The maximum atomic E-state index is 13.4. The van der Waals surface area contributed by atoms with Gasteiger partial charge in [0.1, 0.15) is 5.82 Å². The van der Waals surface area contributed by atoms with Gasteiger partial charge in [-0.2, -0.15) is 5.10 Å². The molecular formula is C21H18FN3O4S. The number of rotatable bonds is 5. The standard InChI is InChI=1S/C21H18FN3O4S/c1-13(2)30(27,28)24-21(26)19-10-20(17-5-3-4-14-11-29-12-18(14)17)25(23-19)16-8-6-15(22)7-9-16/h3-10H,1,11-12H2,2H3,(H,24,26). The molecule has 7 nitrogen and oxygen atoms in total. The topological polar surface area (TPSA) is 90.3 Å². The summed E-state index contributed by atoms with van der Waals surface area (Å²) < 4.78 is 46.4. The number of ether oxygens (including phenoxy) is 1. The van der Waals surface area contributed by atoms with Crippen LogP contribution in [0, 0.1) is 5.82 Å². The number of benzene rings is 2. The number of carbonyl (C=O) groups excluding carboxylic acids is 1. The van der Waals surface area contributed by atoms with Crippen LogP contribution >= 0.6 is 0 Å². The van der Waals surface area contributed by atoms with Crippen molar-refractivity contribution >= 4 is 15.9 Å². The molecule has 0 radical (unpaired) electrons. The zero-order valence-corrected chi connectivity index (χ0v) is 16.9. The second-order valence-corrected chi connectivity index (χ2v) is 8.78. The van der Waals surface area contributed by atoms with Crippen molar-refractivity contribution < 1.29 is 22.3 Å². The Balaban J connectivity index is 1.85. The van der Waals surface area contributed by atoms with Gasteiger partial charge in [0.15, 0.2) is 5.69 Å². The normalized spacial score (nSPS) is 13.1. The van der Waals surface area contributed by atoms with E-state index in [1.807, 2.05) is 22.9 Å². The van der Waals surface area contributed by atoms with Crippen molar-refractivity contribution in [2.24, 2.45) is 0 Å². The fraction of sp³-hybridized carbons (Fsp3) is 0.143. The van der Waals surface area contributed by atoms with E-state index in [4.69, 9.17) is 4.74 Å². The summed E-state index contributed by atoms with van der Waals surface area (Å²) in [6, 6.07) is 12.8. The van der Waals surface area contributed by atoms with Crippen LogP contribution in [0.3, 0.4) is 0 Å². The molecule has 30 heavy (non-hydrogen) atoms. The summed E-state index contributed by atoms with van der Waals surface area (Å²) in [6.07, 6.45) is 0. The minimum absolute atomic E-state index is 0.101. The van der Waals surface area contributed by atoms with Gasteiger partial charge in [0, 0.05) is 5.56 Å². The van der Waals surface area contributed by atoms with E-state index in [0.29, 0.717) is 24.6 Å². The van der Waals surface area contributed by atoms with Crippen molar-refractivity contribution in [1.29, 1.82) is 0 Å². The molecule has 2 aromatic carbocycles. The summed E-state index contributed by atoms with van der Waals surface area (Å²) in [7, 11) is -4.01. The van der Waals surface area contributed by atoms with Crippen molar-refractivity contribution in [3.63, 3.8) is 0 Å². The SMILES string of the molecule is C=C(C)S(=O)(=O)NC(=O)c1cc(-c2cccc3c2COC3)n(-c2ccc(F)cc2)n1. The number of hydrogen-bond donors (Lipinski definition) is 1. The molecule has 0 unspecified atom stereocenters. The van der Waals surface area contributed by atoms with Gasteiger partial charge in [-0.1, -0.05) is 24.8 Å². The van der Waals surface area contributed by atoms with Gasteiger partial charge in [0.25, 0.3) is 15.9 Å². The first-order chi connectivity index (χ1) is 14.3. The number of amides is 1. The molecule has 1 N–H and O–H groups in total. The lowest BCUT2D eigenvalue weighted by Crippen LogP contribution is -2.31. The van der Waals surface area contributed by atoms with Crippen LogP contribution < -0.4 is 4.72 Å². The Labute approximate surface area is 172 Å². The third kappa shape index (κ3) is 3.64. The van der Waals surface area contributed by atoms with E-state index in [1.165, 1.54) is 41.9 Å². The summed E-state index contributed by atoms with van der Waals surface area (Å²) in [5.74, 6) is -1.30. The van der Waals surface area contributed by atoms with Crippen LogP contribution in [0.4, 0.5) is 4.39 Å². The lowest BCUT2D eigenvalue weighted by Gasteiger charge is -2.10. The smallest absolute Gasteiger partial charge is 0.285 e. The Bertz CT molecular complexity index is 1260. The molecule has 1 aromatic heterocycles. The predicted molar refractivity (Wildman–Crippen MR) is 109 cm³/mol. The number of fused-ring (bicyclic) bond motifs is 1. The van der Waals surface area contributed by atoms with Gasteiger partial charge in [-0.3, -0.25) is 4.79 Å². The van der Waals surface area contributed by atoms with Gasteiger partial charge in [-0.15, -0.1) is 0 Å². The van der Waals surface area contributed by atoms with Gasteiger partial charge in [-0.25, -0.2) is 22.2 Å². The highest BCUT2D eigenvalue weighted by Gasteiger charge is 2.24. The molecule has 1 amide bonds. The third-order valence-corrected chi connectivity index (χ3v) is 6.12. The van der Waals surface area contributed by atoms with Crippen LogP contribution in [0.15, 0.2) is 60.0 Å². The first kappa shape index (κ1) is 20.0. The molecule has 0 bridgehead atoms. The van der Waals surface area contributed by atoms with Gasteiger partial charge in [-0.05, 0) is 48.4 Å². The van der Waals surface area contributed by atoms with Gasteiger partial charge in [0.05, 0.1) is 29.5 Å². The monoisotopic (exact) mass is 427 g/mol. The number of carbonyl (C=O) groups is 1. The number of halogens is 1. The first-order valence-electron chi connectivity index (χ1n) is 9.04. The number of sulfonamides is 1. The fourth-order valence-electron chi connectivity index (χ4n) is 3.17. The number of allylic oxidation sites excluding steroid dienone is 1. The van der Waals surface area contributed by atoms with Crippen LogP contribution in [0.2, 0.25) is 0 Å². The van der Waals surface area contributed by atoms with Gasteiger partial charge in [0.2, 0.25) is 0 Å². The van der Waals surface area contributed by atoms with Gasteiger partial charge < -0.3 is 4.74 Å². The average molecular weight is 427 g/mol. The maximum Gasteiger partial charge on any atom is 0.285 e. The van der Waals surface area contributed by atoms with E-state index in [1.54, 1.807) is 0 Å². The van der Waals surface area contributed by atoms with E-state index in [9.17, 15) is 17.6 Å². The van der Waals surface area contributed by atoms with E-state index in [2.05, 4.69) is 11.7 Å². The van der Waals surface area contributed by atoms with E-state index < -0.39 is 21.7 Å². The average Bonchev–Trinajstić information content (AvgIpc) is 3.35. The molecular weight excluding hydrogens is 409 g/mol. The largest absolute Gasteiger partial charge is 0.372 e. The molecule has 4 rings (SSSR count). The molecule has 0 atom stereocenters. The van der Waals surface area contributed by atoms with Crippen molar-refractivity contribution in [2.45, 2.75) is 20.1 Å². The highest BCUT2D eigenvalue weighted by atomic mass is 32.2. The summed E-state index contributed by atoms with van der Waals surface area (Å²) in [4.78, 5) is 12.4. The zero-order valence-electron chi connectivity index (χ0n) is 16.1. The number of aromatic nitrogens is 2. The second kappa shape index (κ2) is 7.51. The highest BCUT2D eigenvalue weighted by Crippen LogP contribution is 2.33. The summed E-state index contributed by atoms with van der Waals surface area (Å²) in [5.41, 5.74) is 3.75. The minimum Gasteiger partial charge on any atom is -0.372 e. The molecule has 1 aliphatic heterocycles. The Hall–Kier alpha value is -3.30. The van der Waals surface area contributed by atoms with E-state index >= 15 is 0 Å². The molecule has 1 aliphatic rings. The Morgan fingerprint density at radius 3 is 2.63 bits per heavy atom. The van der Waals surface area contributed by atoms with Crippen LogP contribution in [-0.4, -0.2) is 24.1 Å². The number of nitrogens with one attached hydrogen (secondary N) is 1. The Morgan fingerprint density at radius 1 is 1.20 bits per heavy atom. The molecule has 9 heteroatoms. The van der Waals surface area contributed by atoms with E-state index in [-0.39, 0.29) is 10.6 Å². The molecule has 3 aromatic rings. The van der Waals surface area contributed by atoms with Crippen molar-refractivity contribution in [2.75, 3.05) is 0 Å². The van der Waals surface area contributed by atoms with Crippen LogP contribution in [0.5, 0.6) is 0 Å². The predicted octanol–water partition coefficient (Wildman–Crippen LogP) is 3.30. The van der Waals surface area contributed by atoms with Crippen LogP contribution in [0.25, 0.3) is 16.9 Å². The van der Waals surface area contributed by atoms with E-state index in [0.717, 1.165) is 16.7 Å². The maximum absolute atomic E-state index is 13.4. The quantitative estimate of drug-likeness (QED) is 0.675.